The van der Waals surface area contributed by atoms with Gasteiger partial charge < -0.3 is 20.3 Å². The summed E-state index contributed by atoms with van der Waals surface area (Å²) in [6.45, 7) is 3.18. The van der Waals surface area contributed by atoms with E-state index in [0.717, 1.165) is 12.8 Å². The largest absolute Gasteiger partial charge is 0.471 e. The Kier molecular flexibility index (Phi) is 9.52. The monoisotopic (exact) mass is 753 g/mol. The summed E-state index contributed by atoms with van der Waals surface area (Å²) in [7, 11) is -4.00. The van der Waals surface area contributed by atoms with Crippen molar-refractivity contribution in [1.82, 2.24) is 35.2 Å². The van der Waals surface area contributed by atoms with Gasteiger partial charge in [0.2, 0.25) is 27.7 Å². The first-order chi connectivity index (χ1) is 24.8. The number of hydrogen-bond acceptors (Lipinski definition) is 11. The van der Waals surface area contributed by atoms with Crippen LogP contribution >= 0.6 is 11.3 Å². The van der Waals surface area contributed by atoms with Gasteiger partial charge in [0, 0.05) is 23.8 Å². The van der Waals surface area contributed by atoms with Crippen molar-refractivity contribution in [3.63, 3.8) is 0 Å². The third kappa shape index (κ3) is 7.12. The fourth-order valence-electron chi connectivity index (χ4n) is 6.87. The minimum absolute atomic E-state index is 0.0127. The molecule has 276 valence electrons. The zero-order chi connectivity index (χ0) is 36.8. The van der Waals surface area contributed by atoms with Crippen LogP contribution in [-0.2, 0) is 24.4 Å². The van der Waals surface area contributed by atoms with Crippen molar-refractivity contribution in [2.24, 2.45) is 5.92 Å². The average Bonchev–Trinajstić information content (AvgIpc) is 3.84. The van der Waals surface area contributed by atoms with E-state index in [4.69, 9.17) is 4.74 Å². The number of thiazole rings is 1. The molecule has 0 radical (unpaired) electrons. The summed E-state index contributed by atoms with van der Waals surface area (Å²) in [4.78, 5) is 70.0. The molecule has 0 spiro atoms. The molecule has 3 aromatic rings. The molecule has 3 fully saturated rings. The van der Waals surface area contributed by atoms with Crippen molar-refractivity contribution >= 4 is 56.0 Å². The summed E-state index contributed by atoms with van der Waals surface area (Å²) in [5, 5.41) is 7.24. The van der Waals surface area contributed by atoms with Gasteiger partial charge in [-0.3, -0.25) is 23.9 Å². The maximum Gasteiger partial charge on any atom is 0.271 e. The number of allylic oxidation sites excluding steroid dienone is 1. The second-order valence-electron chi connectivity index (χ2n) is 14.4. The molecule has 1 aromatic carbocycles. The van der Waals surface area contributed by atoms with Crippen molar-refractivity contribution in [2.75, 3.05) is 6.54 Å². The molecule has 2 aliphatic heterocycles. The number of sulfonamides is 1. The first kappa shape index (κ1) is 35.9. The number of nitrogens with zero attached hydrogens (tertiary/aromatic N) is 4. The van der Waals surface area contributed by atoms with Crippen molar-refractivity contribution in [3.8, 4) is 5.88 Å². The first-order valence-corrected chi connectivity index (χ1v) is 19.9. The van der Waals surface area contributed by atoms with Crippen molar-refractivity contribution < 1.29 is 36.7 Å². The lowest BCUT2D eigenvalue weighted by Gasteiger charge is -2.30. The molecule has 0 unspecified atom stereocenters. The fraction of sp³-hybridized carbons (Fsp3) is 0.514. The lowest BCUT2D eigenvalue weighted by Crippen LogP contribution is -2.58. The fourth-order valence-corrected chi connectivity index (χ4v) is 8.72. The first-order valence-electron chi connectivity index (χ1n) is 17.4. The van der Waals surface area contributed by atoms with Crippen LogP contribution in [0.5, 0.6) is 5.88 Å². The van der Waals surface area contributed by atoms with E-state index in [1.165, 1.54) is 39.9 Å². The molecule has 4 heterocycles. The van der Waals surface area contributed by atoms with Gasteiger partial charge in [0.1, 0.15) is 40.9 Å². The molecule has 3 N–H and O–H groups in total. The van der Waals surface area contributed by atoms with E-state index in [1.807, 2.05) is 12.2 Å². The van der Waals surface area contributed by atoms with Crippen LogP contribution in [0.1, 0.15) is 80.9 Å². The quantitative estimate of drug-likeness (QED) is 0.303. The number of hydrogen-bond donors (Lipinski definition) is 3. The third-order valence-corrected chi connectivity index (χ3v) is 13.2. The van der Waals surface area contributed by atoms with Crippen molar-refractivity contribution in [3.05, 3.63) is 58.4 Å². The van der Waals surface area contributed by atoms with Gasteiger partial charge in [0.25, 0.3) is 11.8 Å². The number of halogens is 1. The lowest BCUT2D eigenvalue weighted by atomic mass is 10.0. The summed E-state index contributed by atoms with van der Waals surface area (Å²) < 4.78 is 47.6. The van der Waals surface area contributed by atoms with Gasteiger partial charge in [-0.05, 0) is 64.5 Å². The Labute approximate surface area is 304 Å². The maximum absolute atomic E-state index is 14.4. The maximum atomic E-state index is 14.4. The summed E-state index contributed by atoms with van der Waals surface area (Å²) in [5.41, 5.74) is 1.29. The van der Waals surface area contributed by atoms with Crippen molar-refractivity contribution in [1.29, 1.82) is 0 Å². The number of carbonyl (C=O) groups excluding carboxylic acids is 4. The molecule has 4 amide bonds. The Balaban J connectivity index is 1.19. The van der Waals surface area contributed by atoms with Gasteiger partial charge in [-0.25, -0.2) is 27.8 Å². The summed E-state index contributed by atoms with van der Waals surface area (Å²) in [6, 6.07) is 1.87. The Morgan fingerprint density at radius 3 is 2.69 bits per heavy atom. The number of benzene rings is 1. The number of amides is 4. The second-order valence-corrected chi connectivity index (χ2v) is 17.3. The zero-order valence-electron chi connectivity index (χ0n) is 28.8. The third-order valence-electron chi connectivity index (χ3n) is 10.5. The standard InChI is InChI=1S/C35H40FN7O7S2/c1-20-31(40-26-14-22(36)10-11-24(26)38-20)50-23-15-28-30(45)41-35(33(47)42-52(48,49)34(2)12-13-34)16-21(35)8-6-4-3-5-7-9-25(32(46)43(28)17-23)39-29(44)27-18-51-19-37-27/h6,8,10-11,14,18-19,21,23,25,28H,3-5,7,9,12-13,15-17H2,1-2H3,(H,39,44)(H,41,45)(H,42,47)/b8-6-/t21-,23-,25+,28+,35-/m1/s1. The Hall–Kier alpha value is -4.51. The van der Waals surface area contributed by atoms with Crippen LogP contribution < -0.4 is 20.1 Å². The summed E-state index contributed by atoms with van der Waals surface area (Å²) >= 11 is 1.24. The molecule has 0 bridgehead atoms. The van der Waals surface area contributed by atoms with Crippen LogP contribution in [0.25, 0.3) is 11.0 Å². The lowest BCUT2D eigenvalue weighted by molar-refractivity contribution is -0.141. The molecule has 1 saturated heterocycles. The normalized spacial score (nSPS) is 28.0. The van der Waals surface area contributed by atoms with Crippen LogP contribution in [0, 0.1) is 18.7 Å². The minimum Gasteiger partial charge on any atom is -0.471 e. The molecular formula is C35H40FN7O7S2. The van der Waals surface area contributed by atoms with Gasteiger partial charge in [-0.1, -0.05) is 25.0 Å². The number of aryl methyl sites for hydroxylation is 1. The molecule has 2 aliphatic carbocycles. The van der Waals surface area contributed by atoms with Crippen LogP contribution in [0.2, 0.25) is 0 Å². The molecule has 2 saturated carbocycles. The second kappa shape index (κ2) is 13.8. The summed E-state index contributed by atoms with van der Waals surface area (Å²) in [6.07, 6.45) is 7.15. The van der Waals surface area contributed by atoms with E-state index >= 15 is 0 Å². The van der Waals surface area contributed by atoms with E-state index in [-0.39, 0.29) is 36.5 Å². The molecule has 5 atom stereocenters. The number of rotatable bonds is 7. The van der Waals surface area contributed by atoms with Gasteiger partial charge in [-0.15, -0.1) is 11.3 Å². The zero-order valence-corrected chi connectivity index (χ0v) is 30.4. The molecule has 2 aromatic heterocycles. The van der Waals surface area contributed by atoms with E-state index in [0.29, 0.717) is 43.3 Å². The highest BCUT2D eigenvalue weighted by Gasteiger charge is 2.63. The topological polar surface area (TPSA) is 190 Å². The molecular weight excluding hydrogens is 714 g/mol. The molecule has 52 heavy (non-hydrogen) atoms. The van der Waals surface area contributed by atoms with Gasteiger partial charge in [-0.2, -0.15) is 0 Å². The van der Waals surface area contributed by atoms with Gasteiger partial charge >= 0.3 is 0 Å². The van der Waals surface area contributed by atoms with Crippen LogP contribution in [0.15, 0.2) is 41.2 Å². The van der Waals surface area contributed by atoms with E-state index in [1.54, 1.807) is 19.2 Å². The van der Waals surface area contributed by atoms with Crippen LogP contribution in [0.4, 0.5) is 4.39 Å². The number of fused-ring (bicyclic) bond motifs is 3. The van der Waals surface area contributed by atoms with E-state index in [2.05, 4.69) is 30.3 Å². The summed E-state index contributed by atoms with van der Waals surface area (Å²) in [5.74, 6) is -3.37. The Bertz CT molecular complexity index is 2060. The van der Waals surface area contributed by atoms with Crippen LogP contribution in [0.3, 0.4) is 0 Å². The van der Waals surface area contributed by atoms with Gasteiger partial charge in [0.05, 0.1) is 27.8 Å². The minimum atomic E-state index is -4.00. The predicted octanol–water partition coefficient (Wildman–Crippen LogP) is 3.07. The average molecular weight is 754 g/mol. The number of aromatic nitrogens is 3. The van der Waals surface area contributed by atoms with Crippen LogP contribution in [-0.4, -0.2) is 86.9 Å². The highest BCUT2D eigenvalue weighted by atomic mass is 32.2. The smallest absolute Gasteiger partial charge is 0.271 e. The molecule has 4 aliphatic rings. The molecule has 7 rings (SSSR count). The molecule has 14 nitrogen and oxygen atoms in total. The van der Waals surface area contributed by atoms with Crippen molar-refractivity contribution in [2.45, 2.75) is 100 Å². The highest BCUT2D eigenvalue weighted by molar-refractivity contribution is 7.91. The number of nitrogens with one attached hydrogen (secondary N) is 3. The highest BCUT2D eigenvalue weighted by Crippen LogP contribution is 2.47. The SMILES string of the molecule is Cc1nc2ccc(F)cc2nc1O[C@@H]1C[C@H]2C(=O)N[C@]3(C(=O)NS(=O)(=O)C4(C)CC4)C[C@H]3/C=C\CCCCC[C@H](NC(=O)c3cscn3)C(=O)N2C1. The number of ether oxygens (including phenoxy) is 1. The number of carbonyl (C=O) groups is 4. The molecule has 17 heteroatoms. The van der Waals surface area contributed by atoms with E-state index < -0.39 is 73.9 Å². The Morgan fingerprint density at radius 2 is 1.94 bits per heavy atom. The predicted molar refractivity (Wildman–Crippen MR) is 188 cm³/mol. The van der Waals surface area contributed by atoms with E-state index in [9.17, 15) is 32.0 Å². The Morgan fingerprint density at radius 1 is 1.13 bits per heavy atom. The van der Waals surface area contributed by atoms with Gasteiger partial charge in [0.15, 0.2) is 0 Å².